The van der Waals surface area contributed by atoms with Gasteiger partial charge in [0.05, 0.1) is 0 Å². The third kappa shape index (κ3) is 3.47. The van der Waals surface area contributed by atoms with Crippen molar-refractivity contribution in [3.05, 3.63) is 70.8 Å². The Bertz CT molecular complexity index is 770. The third-order valence-corrected chi connectivity index (χ3v) is 5.85. The monoisotopic (exact) mass is 334 g/mol. The second-order valence-electron chi connectivity index (χ2n) is 7.50. The first kappa shape index (κ1) is 16.3. The summed E-state index contributed by atoms with van der Waals surface area (Å²) in [7, 11) is 2.16. The average molecular weight is 334 g/mol. The molecule has 2 aromatic rings. The number of likely N-dealkylation sites (N-methyl/N-ethyl adjacent to an activating group) is 1. The number of rotatable bonds is 3. The van der Waals surface area contributed by atoms with Crippen LogP contribution in [0.15, 0.2) is 48.5 Å². The lowest BCUT2D eigenvalue weighted by molar-refractivity contribution is -0.125. The van der Waals surface area contributed by atoms with Crippen LogP contribution in [0.2, 0.25) is 0 Å². The van der Waals surface area contributed by atoms with E-state index < -0.39 is 0 Å². The predicted molar refractivity (Wildman–Crippen MR) is 100 cm³/mol. The maximum Gasteiger partial charge on any atom is 0.223 e. The fourth-order valence-corrected chi connectivity index (χ4v) is 4.23. The summed E-state index contributed by atoms with van der Waals surface area (Å²) >= 11 is 0. The van der Waals surface area contributed by atoms with E-state index in [0.29, 0.717) is 6.04 Å². The van der Waals surface area contributed by atoms with Crippen LogP contribution in [-0.2, 0) is 30.6 Å². The molecular weight excluding hydrogens is 308 g/mol. The molecule has 1 N–H and O–H groups in total. The first-order chi connectivity index (χ1) is 12.2. The number of amides is 1. The zero-order valence-electron chi connectivity index (χ0n) is 14.9. The van der Waals surface area contributed by atoms with Crippen molar-refractivity contribution in [3.63, 3.8) is 0 Å². The SMILES string of the molecule is CN1Cc2ccccc2C[C@H]1CNC(=O)[C@H]1CCc2ccccc2C1. The Morgan fingerprint density at radius 1 is 1.00 bits per heavy atom. The fraction of sp³-hybridized carbons (Fsp3) is 0.409. The lowest BCUT2D eigenvalue weighted by atomic mass is 9.83. The summed E-state index contributed by atoms with van der Waals surface area (Å²) in [6.07, 6.45) is 3.88. The molecule has 0 aromatic heterocycles. The van der Waals surface area contributed by atoms with Gasteiger partial charge in [0, 0.05) is 25.0 Å². The largest absolute Gasteiger partial charge is 0.354 e. The van der Waals surface area contributed by atoms with E-state index >= 15 is 0 Å². The zero-order chi connectivity index (χ0) is 17.2. The van der Waals surface area contributed by atoms with E-state index in [1.54, 1.807) is 0 Å². The number of hydrogen-bond donors (Lipinski definition) is 1. The van der Waals surface area contributed by atoms with E-state index in [1.165, 1.54) is 22.3 Å². The number of hydrogen-bond acceptors (Lipinski definition) is 2. The molecule has 0 saturated carbocycles. The molecule has 0 saturated heterocycles. The Morgan fingerprint density at radius 3 is 2.40 bits per heavy atom. The molecule has 4 rings (SSSR count). The Balaban J connectivity index is 1.35. The molecule has 130 valence electrons. The van der Waals surface area contributed by atoms with Crippen molar-refractivity contribution in [2.24, 2.45) is 5.92 Å². The van der Waals surface area contributed by atoms with Crippen LogP contribution in [0, 0.1) is 5.92 Å². The molecule has 25 heavy (non-hydrogen) atoms. The lowest BCUT2D eigenvalue weighted by Crippen LogP contribution is -2.47. The van der Waals surface area contributed by atoms with Crippen LogP contribution in [0.3, 0.4) is 0 Å². The third-order valence-electron chi connectivity index (χ3n) is 5.85. The highest BCUT2D eigenvalue weighted by atomic mass is 16.1. The molecule has 3 heteroatoms. The van der Waals surface area contributed by atoms with Gasteiger partial charge in [0.15, 0.2) is 0 Å². The minimum absolute atomic E-state index is 0.121. The molecule has 3 nitrogen and oxygen atoms in total. The van der Waals surface area contributed by atoms with Crippen molar-refractivity contribution >= 4 is 5.91 Å². The summed E-state index contributed by atoms with van der Waals surface area (Å²) in [4.78, 5) is 15.0. The van der Waals surface area contributed by atoms with E-state index in [1.807, 2.05) is 0 Å². The van der Waals surface area contributed by atoms with Gasteiger partial charge >= 0.3 is 0 Å². The van der Waals surface area contributed by atoms with Gasteiger partial charge in [-0.05, 0) is 55.0 Å². The molecule has 1 aliphatic carbocycles. The van der Waals surface area contributed by atoms with Gasteiger partial charge in [-0.15, -0.1) is 0 Å². The van der Waals surface area contributed by atoms with Gasteiger partial charge in [0.25, 0.3) is 0 Å². The smallest absolute Gasteiger partial charge is 0.223 e. The summed E-state index contributed by atoms with van der Waals surface area (Å²) in [5.41, 5.74) is 5.59. The van der Waals surface area contributed by atoms with Crippen LogP contribution in [-0.4, -0.2) is 30.4 Å². The molecule has 0 unspecified atom stereocenters. The van der Waals surface area contributed by atoms with E-state index in [0.717, 1.165) is 38.8 Å². The standard InChI is InChI=1S/C22H26N2O/c1-24-15-20-9-5-4-8-18(20)13-21(24)14-23-22(25)19-11-10-16-6-2-3-7-17(16)12-19/h2-9,19,21H,10-15H2,1H3,(H,23,25)/t19-,21-/m0/s1. The molecule has 0 fully saturated rings. The van der Waals surface area contributed by atoms with Crippen molar-refractivity contribution in [2.75, 3.05) is 13.6 Å². The van der Waals surface area contributed by atoms with Crippen LogP contribution in [0.4, 0.5) is 0 Å². The van der Waals surface area contributed by atoms with E-state index in [2.05, 4.69) is 65.8 Å². The van der Waals surface area contributed by atoms with Gasteiger partial charge in [0.1, 0.15) is 0 Å². The van der Waals surface area contributed by atoms with Crippen molar-refractivity contribution < 1.29 is 4.79 Å². The first-order valence-corrected chi connectivity index (χ1v) is 9.32. The van der Waals surface area contributed by atoms with E-state index in [9.17, 15) is 4.79 Å². The van der Waals surface area contributed by atoms with Crippen LogP contribution in [0.1, 0.15) is 28.7 Å². The van der Waals surface area contributed by atoms with E-state index in [-0.39, 0.29) is 11.8 Å². The molecule has 2 aliphatic rings. The van der Waals surface area contributed by atoms with Crippen LogP contribution >= 0.6 is 0 Å². The minimum atomic E-state index is 0.121. The topological polar surface area (TPSA) is 32.3 Å². The summed E-state index contributed by atoms with van der Waals surface area (Å²) in [6.45, 7) is 1.70. The minimum Gasteiger partial charge on any atom is -0.354 e. The van der Waals surface area contributed by atoms with Gasteiger partial charge in [-0.1, -0.05) is 48.5 Å². The number of carbonyl (C=O) groups is 1. The van der Waals surface area contributed by atoms with Crippen molar-refractivity contribution in [3.8, 4) is 0 Å². The Labute approximate surface area is 150 Å². The summed E-state index contributed by atoms with van der Waals surface area (Å²) in [5, 5.41) is 3.23. The number of nitrogens with one attached hydrogen (secondary N) is 1. The Kier molecular flexibility index (Phi) is 4.58. The predicted octanol–water partition coefficient (Wildman–Crippen LogP) is 2.96. The summed E-state index contributed by atoms with van der Waals surface area (Å²) in [5.74, 6) is 0.345. The zero-order valence-corrected chi connectivity index (χ0v) is 14.9. The number of carbonyl (C=O) groups excluding carboxylic acids is 1. The van der Waals surface area contributed by atoms with Crippen molar-refractivity contribution in [2.45, 2.75) is 38.3 Å². The molecule has 1 amide bonds. The number of aryl methyl sites for hydroxylation is 1. The Morgan fingerprint density at radius 2 is 1.64 bits per heavy atom. The quantitative estimate of drug-likeness (QED) is 0.936. The lowest BCUT2D eigenvalue weighted by Gasteiger charge is -2.34. The second-order valence-corrected chi connectivity index (χ2v) is 7.50. The first-order valence-electron chi connectivity index (χ1n) is 9.32. The summed E-state index contributed by atoms with van der Waals surface area (Å²) in [6, 6.07) is 17.6. The highest BCUT2D eigenvalue weighted by Crippen LogP contribution is 2.26. The van der Waals surface area contributed by atoms with Gasteiger partial charge in [-0.3, -0.25) is 9.69 Å². The molecule has 1 heterocycles. The molecule has 0 bridgehead atoms. The van der Waals surface area contributed by atoms with Crippen molar-refractivity contribution in [1.82, 2.24) is 10.2 Å². The molecule has 0 radical (unpaired) electrons. The maximum absolute atomic E-state index is 12.7. The van der Waals surface area contributed by atoms with Gasteiger partial charge in [-0.25, -0.2) is 0 Å². The summed E-state index contributed by atoms with van der Waals surface area (Å²) < 4.78 is 0. The Hall–Kier alpha value is -2.13. The van der Waals surface area contributed by atoms with E-state index in [4.69, 9.17) is 0 Å². The molecule has 2 aromatic carbocycles. The fourth-order valence-electron chi connectivity index (χ4n) is 4.23. The number of nitrogens with zero attached hydrogens (tertiary/aromatic N) is 1. The molecule has 1 aliphatic heterocycles. The highest BCUT2D eigenvalue weighted by Gasteiger charge is 2.27. The van der Waals surface area contributed by atoms with Gasteiger partial charge in [-0.2, -0.15) is 0 Å². The molecular formula is C22H26N2O. The van der Waals surface area contributed by atoms with Crippen LogP contribution in [0.5, 0.6) is 0 Å². The molecule has 2 atom stereocenters. The van der Waals surface area contributed by atoms with Crippen LogP contribution in [0.25, 0.3) is 0 Å². The normalized spacial score (nSPS) is 22.8. The number of benzene rings is 2. The van der Waals surface area contributed by atoms with Gasteiger partial charge < -0.3 is 5.32 Å². The van der Waals surface area contributed by atoms with Crippen LogP contribution < -0.4 is 5.32 Å². The van der Waals surface area contributed by atoms with Crippen molar-refractivity contribution in [1.29, 1.82) is 0 Å². The maximum atomic E-state index is 12.7. The van der Waals surface area contributed by atoms with Gasteiger partial charge in [0.2, 0.25) is 5.91 Å². The molecule has 0 spiro atoms. The highest BCUT2D eigenvalue weighted by molar-refractivity contribution is 5.79. The number of fused-ring (bicyclic) bond motifs is 2. The second kappa shape index (κ2) is 7.01. The average Bonchev–Trinajstić information content (AvgIpc) is 2.65.